The Hall–Kier alpha value is -2.76. The van der Waals surface area contributed by atoms with E-state index in [4.69, 9.17) is 0 Å². The molecule has 1 aliphatic carbocycles. The van der Waals surface area contributed by atoms with Crippen molar-refractivity contribution in [3.63, 3.8) is 0 Å². The molecule has 0 radical (unpaired) electrons. The van der Waals surface area contributed by atoms with Crippen LogP contribution in [0.25, 0.3) is 0 Å². The SMILES string of the molecule is CCCC1(NC(=O)c2cccc(C)c2)CCCC(NC(=O)c2cnccn2)C1. The Balaban J connectivity index is 1.71. The van der Waals surface area contributed by atoms with E-state index < -0.39 is 0 Å². The minimum absolute atomic E-state index is 0.00705. The lowest BCUT2D eigenvalue weighted by Gasteiger charge is -2.42. The molecule has 0 saturated heterocycles. The van der Waals surface area contributed by atoms with Crippen molar-refractivity contribution in [1.29, 1.82) is 0 Å². The van der Waals surface area contributed by atoms with Gasteiger partial charge in [0, 0.05) is 29.5 Å². The highest BCUT2D eigenvalue weighted by molar-refractivity contribution is 5.95. The van der Waals surface area contributed by atoms with Crippen molar-refractivity contribution in [1.82, 2.24) is 20.6 Å². The molecule has 6 heteroatoms. The number of aromatic nitrogens is 2. The highest BCUT2D eigenvalue weighted by Crippen LogP contribution is 2.33. The molecule has 2 atom stereocenters. The van der Waals surface area contributed by atoms with Gasteiger partial charge in [0.15, 0.2) is 0 Å². The molecule has 1 saturated carbocycles. The Morgan fingerprint density at radius 2 is 2.11 bits per heavy atom. The van der Waals surface area contributed by atoms with Crippen molar-refractivity contribution in [2.24, 2.45) is 0 Å². The number of carbonyl (C=O) groups is 2. The van der Waals surface area contributed by atoms with Gasteiger partial charge in [0.25, 0.3) is 11.8 Å². The van der Waals surface area contributed by atoms with Crippen LogP contribution in [-0.4, -0.2) is 33.4 Å². The number of nitrogens with one attached hydrogen (secondary N) is 2. The summed E-state index contributed by atoms with van der Waals surface area (Å²) in [6.45, 7) is 4.11. The van der Waals surface area contributed by atoms with Crippen molar-refractivity contribution < 1.29 is 9.59 Å². The van der Waals surface area contributed by atoms with E-state index in [1.807, 2.05) is 31.2 Å². The van der Waals surface area contributed by atoms with Gasteiger partial charge in [-0.1, -0.05) is 31.0 Å². The van der Waals surface area contributed by atoms with Gasteiger partial charge in [-0.3, -0.25) is 14.6 Å². The van der Waals surface area contributed by atoms with Gasteiger partial charge >= 0.3 is 0 Å². The largest absolute Gasteiger partial charge is 0.348 e. The first kappa shape index (κ1) is 20.0. The number of amides is 2. The van der Waals surface area contributed by atoms with Crippen LogP contribution in [0.4, 0.5) is 0 Å². The zero-order chi connectivity index (χ0) is 20.0. The zero-order valence-corrected chi connectivity index (χ0v) is 16.6. The first-order valence-electron chi connectivity index (χ1n) is 9.97. The molecule has 2 unspecified atom stereocenters. The number of hydrogen-bond donors (Lipinski definition) is 2. The summed E-state index contributed by atoms with van der Waals surface area (Å²) in [6.07, 6.45) is 9.90. The third kappa shape index (κ3) is 4.94. The number of aryl methyl sites for hydroxylation is 1. The molecule has 0 aliphatic heterocycles. The van der Waals surface area contributed by atoms with E-state index in [1.54, 1.807) is 6.20 Å². The Morgan fingerprint density at radius 1 is 1.25 bits per heavy atom. The van der Waals surface area contributed by atoms with Gasteiger partial charge in [-0.25, -0.2) is 4.98 Å². The van der Waals surface area contributed by atoms with E-state index in [1.165, 1.54) is 12.4 Å². The number of rotatable bonds is 6. The van der Waals surface area contributed by atoms with Gasteiger partial charge in [-0.15, -0.1) is 0 Å². The lowest BCUT2D eigenvalue weighted by atomic mass is 9.76. The summed E-state index contributed by atoms with van der Waals surface area (Å²) in [7, 11) is 0. The first-order chi connectivity index (χ1) is 13.5. The van der Waals surface area contributed by atoms with Crippen LogP contribution in [0.2, 0.25) is 0 Å². The molecule has 0 bridgehead atoms. The number of nitrogens with zero attached hydrogens (tertiary/aromatic N) is 2. The molecule has 6 nitrogen and oxygen atoms in total. The molecule has 1 aromatic heterocycles. The molecule has 2 N–H and O–H groups in total. The third-order valence-electron chi connectivity index (χ3n) is 5.36. The molecule has 2 aromatic rings. The van der Waals surface area contributed by atoms with Gasteiger partial charge in [0.2, 0.25) is 0 Å². The minimum Gasteiger partial charge on any atom is -0.348 e. The standard InChI is InChI=1S/C22H28N4O2/c1-3-9-22(26-20(27)17-7-4-6-16(2)13-17)10-5-8-18(14-22)25-21(28)19-15-23-11-12-24-19/h4,6-7,11-13,15,18H,3,5,8-10,14H2,1-2H3,(H,25,28)(H,26,27). The Morgan fingerprint density at radius 3 is 2.82 bits per heavy atom. The molecule has 1 aliphatic rings. The maximum absolute atomic E-state index is 12.9. The Bertz CT molecular complexity index is 820. The highest BCUT2D eigenvalue weighted by Gasteiger charge is 2.37. The normalized spacial score (nSPS) is 21.7. The van der Waals surface area contributed by atoms with Crippen molar-refractivity contribution >= 4 is 11.8 Å². The minimum atomic E-state index is -0.297. The smallest absolute Gasteiger partial charge is 0.271 e. The Labute approximate surface area is 166 Å². The quantitative estimate of drug-likeness (QED) is 0.804. The first-order valence-corrected chi connectivity index (χ1v) is 9.97. The second-order valence-electron chi connectivity index (χ2n) is 7.71. The van der Waals surface area contributed by atoms with Crippen LogP contribution in [0, 0.1) is 6.92 Å². The van der Waals surface area contributed by atoms with Crippen molar-refractivity contribution in [3.05, 3.63) is 59.7 Å². The molecule has 148 valence electrons. The third-order valence-corrected chi connectivity index (χ3v) is 5.36. The van der Waals surface area contributed by atoms with Gasteiger partial charge in [-0.05, 0) is 51.2 Å². The number of benzene rings is 1. The molecule has 1 aromatic carbocycles. The number of hydrogen-bond acceptors (Lipinski definition) is 4. The lowest BCUT2D eigenvalue weighted by Crippen LogP contribution is -2.55. The lowest BCUT2D eigenvalue weighted by molar-refractivity contribution is 0.0817. The summed E-state index contributed by atoms with van der Waals surface area (Å²) in [4.78, 5) is 33.4. The van der Waals surface area contributed by atoms with Crippen LogP contribution in [-0.2, 0) is 0 Å². The van der Waals surface area contributed by atoms with Crippen LogP contribution < -0.4 is 10.6 Å². The molecule has 1 fully saturated rings. The maximum Gasteiger partial charge on any atom is 0.271 e. The fourth-order valence-electron chi connectivity index (χ4n) is 4.14. The predicted molar refractivity (Wildman–Crippen MR) is 108 cm³/mol. The highest BCUT2D eigenvalue weighted by atomic mass is 16.2. The fraction of sp³-hybridized carbons (Fsp3) is 0.455. The molecular formula is C22H28N4O2. The van der Waals surface area contributed by atoms with Crippen LogP contribution >= 0.6 is 0 Å². The molecule has 2 amide bonds. The monoisotopic (exact) mass is 380 g/mol. The van der Waals surface area contributed by atoms with Gasteiger partial charge in [0.1, 0.15) is 5.69 Å². The van der Waals surface area contributed by atoms with Crippen LogP contribution in [0.1, 0.15) is 71.9 Å². The topological polar surface area (TPSA) is 84.0 Å². The van der Waals surface area contributed by atoms with E-state index in [0.29, 0.717) is 11.3 Å². The summed E-state index contributed by atoms with van der Waals surface area (Å²) in [6, 6.07) is 7.65. The van der Waals surface area contributed by atoms with Crippen molar-refractivity contribution in [2.45, 2.75) is 64.0 Å². The summed E-state index contributed by atoms with van der Waals surface area (Å²) in [5.41, 5.74) is 1.77. The maximum atomic E-state index is 12.9. The summed E-state index contributed by atoms with van der Waals surface area (Å²) >= 11 is 0. The zero-order valence-electron chi connectivity index (χ0n) is 16.6. The van der Waals surface area contributed by atoms with E-state index >= 15 is 0 Å². The van der Waals surface area contributed by atoms with Crippen LogP contribution in [0.3, 0.4) is 0 Å². The van der Waals surface area contributed by atoms with E-state index in [-0.39, 0.29) is 23.4 Å². The van der Waals surface area contributed by atoms with Gasteiger partial charge < -0.3 is 10.6 Å². The molecular weight excluding hydrogens is 352 g/mol. The van der Waals surface area contributed by atoms with Crippen LogP contribution in [0.5, 0.6) is 0 Å². The molecule has 1 heterocycles. The average Bonchev–Trinajstić information content (AvgIpc) is 2.69. The van der Waals surface area contributed by atoms with Crippen LogP contribution in [0.15, 0.2) is 42.9 Å². The van der Waals surface area contributed by atoms with Crippen molar-refractivity contribution in [2.75, 3.05) is 0 Å². The predicted octanol–water partition coefficient (Wildman–Crippen LogP) is 3.43. The summed E-state index contributed by atoms with van der Waals surface area (Å²) in [5, 5.41) is 6.38. The van der Waals surface area contributed by atoms with Gasteiger partial charge in [-0.2, -0.15) is 0 Å². The van der Waals surface area contributed by atoms with E-state index in [2.05, 4.69) is 27.5 Å². The number of carbonyl (C=O) groups excluding carboxylic acids is 2. The summed E-state index contributed by atoms with van der Waals surface area (Å²) < 4.78 is 0. The fourth-order valence-corrected chi connectivity index (χ4v) is 4.14. The molecule has 28 heavy (non-hydrogen) atoms. The van der Waals surface area contributed by atoms with E-state index in [9.17, 15) is 9.59 Å². The second kappa shape index (κ2) is 8.95. The van der Waals surface area contributed by atoms with Gasteiger partial charge in [0.05, 0.1) is 6.20 Å². The molecule has 3 rings (SSSR count). The van der Waals surface area contributed by atoms with E-state index in [0.717, 1.165) is 44.1 Å². The van der Waals surface area contributed by atoms with Crippen molar-refractivity contribution in [3.8, 4) is 0 Å². The molecule has 0 spiro atoms. The second-order valence-corrected chi connectivity index (χ2v) is 7.71. The summed E-state index contributed by atoms with van der Waals surface area (Å²) in [5.74, 6) is -0.256. The average molecular weight is 380 g/mol. The Kier molecular flexibility index (Phi) is 6.39.